The van der Waals surface area contributed by atoms with Gasteiger partial charge < -0.3 is 0 Å². The lowest BCUT2D eigenvalue weighted by molar-refractivity contribution is 0.709. The average molecular weight is 290 g/mol. The molecule has 0 heterocycles. The summed E-state index contributed by atoms with van der Waals surface area (Å²) in [5.41, 5.74) is 4.10. The molecule has 0 saturated carbocycles. The molecule has 0 heteroatoms. The molecular weight excluding hydrogens is 264 g/mol. The van der Waals surface area contributed by atoms with Crippen molar-refractivity contribution in [1.82, 2.24) is 0 Å². The number of unbranched alkanes of at least 4 members (excludes halogenated alkanes) is 2. The van der Waals surface area contributed by atoms with Gasteiger partial charge in [0.15, 0.2) is 0 Å². The molecule has 0 fully saturated rings. The van der Waals surface area contributed by atoms with E-state index in [0.717, 1.165) is 6.42 Å². The van der Waals surface area contributed by atoms with Gasteiger partial charge in [0, 0.05) is 0 Å². The van der Waals surface area contributed by atoms with Gasteiger partial charge in [-0.1, -0.05) is 104 Å². The van der Waals surface area contributed by atoms with E-state index in [9.17, 15) is 0 Å². The Labute approximate surface area is 135 Å². The van der Waals surface area contributed by atoms with Crippen molar-refractivity contribution in [2.75, 3.05) is 0 Å². The van der Waals surface area contributed by atoms with E-state index in [0.29, 0.717) is 0 Å². The molecule has 0 bridgehead atoms. The summed E-state index contributed by atoms with van der Waals surface area (Å²) >= 11 is 0. The van der Waals surface area contributed by atoms with Gasteiger partial charge in [0.05, 0.1) is 0 Å². The van der Waals surface area contributed by atoms with Gasteiger partial charge in [-0.05, 0) is 30.4 Å². The highest BCUT2D eigenvalue weighted by atomic mass is 14.0. The van der Waals surface area contributed by atoms with Gasteiger partial charge in [-0.15, -0.1) is 0 Å². The van der Waals surface area contributed by atoms with Crippen molar-refractivity contribution in [3.63, 3.8) is 0 Å². The number of allylic oxidation sites excluding steroid dienone is 2. The molecule has 0 aliphatic carbocycles. The predicted molar refractivity (Wildman–Crippen MR) is 98.7 cm³/mol. The first-order valence-electron chi connectivity index (χ1n) is 8.34. The van der Waals surface area contributed by atoms with Crippen molar-refractivity contribution in [2.45, 2.75) is 39.0 Å². The fourth-order valence-electron chi connectivity index (χ4n) is 2.53. The SMILES string of the molecule is CCCCC/C(=C\c1ccccc1)C/C=C/c1ccccc1. The third kappa shape index (κ3) is 6.13. The lowest BCUT2D eigenvalue weighted by Gasteiger charge is -2.05. The second kappa shape index (κ2) is 9.78. The first-order chi connectivity index (χ1) is 10.9. The van der Waals surface area contributed by atoms with Gasteiger partial charge in [0.25, 0.3) is 0 Å². The molecule has 0 aromatic heterocycles. The Morgan fingerprint density at radius 3 is 2.09 bits per heavy atom. The zero-order valence-corrected chi connectivity index (χ0v) is 13.5. The predicted octanol–water partition coefficient (Wildman–Crippen LogP) is 6.75. The zero-order valence-electron chi connectivity index (χ0n) is 13.5. The Balaban J connectivity index is 2.01. The second-order valence-electron chi connectivity index (χ2n) is 5.69. The van der Waals surface area contributed by atoms with E-state index in [1.165, 1.54) is 42.4 Å². The van der Waals surface area contributed by atoms with E-state index in [-0.39, 0.29) is 0 Å². The summed E-state index contributed by atoms with van der Waals surface area (Å²) < 4.78 is 0. The largest absolute Gasteiger partial charge is 0.0799 e. The summed E-state index contributed by atoms with van der Waals surface area (Å²) in [6.45, 7) is 2.26. The Bertz CT molecular complexity index is 576. The molecule has 0 spiro atoms. The topological polar surface area (TPSA) is 0 Å². The summed E-state index contributed by atoms with van der Waals surface area (Å²) in [6, 6.07) is 21.2. The lowest BCUT2D eigenvalue weighted by Crippen LogP contribution is -1.85. The van der Waals surface area contributed by atoms with Crippen LogP contribution in [0.25, 0.3) is 12.2 Å². The van der Waals surface area contributed by atoms with Crippen molar-refractivity contribution >= 4 is 12.2 Å². The van der Waals surface area contributed by atoms with E-state index >= 15 is 0 Å². The fraction of sp³-hybridized carbons (Fsp3) is 0.273. The third-order valence-corrected chi connectivity index (χ3v) is 3.76. The standard InChI is InChI=1S/C22H26/c1-2-3-6-14-22(19-21-15-9-5-10-16-21)18-11-17-20-12-7-4-8-13-20/h4-5,7-13,15-17,19H,2-3,6,14,18H2,1H3/b17-11+,22-19+. The third-order valence-electron chi connectivity index (χ3n) is 3.76. The van der Waals surface area contributed by atoms with Crippen molar-refractivity contribution in [1.29, 1.82) is 0 Å². The molecule has 0 nitrogen and oxygen atoms in total. The minimum atomic E-state index is 1.04. The number of hydrogen-bond donors (Lipinski definition) is 0. The molecule has 0 aliphatic rings. The zero-order chi connectivity index (χ0) is 15.5. The van der Waals surface area contributed by atoms with Gasteiger partial charge in [-0.2, -0.15) is 0 Å². The second-order valence-corrected chi connectivity index (χ2v) is 5.69. The number of rotatable bonds is 8. The van der Waals surface area contributed by atoms with Gasteiger partial charge >= 0.3 is 0 Å². The first kappa shape index (κ1) is 16.3. The fourth-order valence-corrected chi connectivity index (χ4v) is 2.53. The van der Waals surface area contributed by atoms with Gasteiger partial charge in [0.1, 0.15) is 0 Å². The molecule has 2 rings (SSSR count). The van der Waals surface area contributed by atoms with Crippen LogP contribution in [0.3, 0.4) is 0 Å². The van der Waals surface area contributed by atoms with Crippen LogP contribution in [0.5, 0.6) is 0 Å². The molecule has 0 unspecified atom stereocenters. The molecule has 0 saturated heterocycles. The van der Waals surface area contributed by atoms with E-state index in [1.807, 2.05) is 0 Å². The van der Waals surface area contributed by atoms with Gasteiger partial charge in [-0.3, -0.25) is 0 Å². The van der Waals surface area contributed by atoms with Crippen molar-refractivity contribution in [3.8, 4) is 0 Å². The van der Waals surface area contributed by atoms with E-state index in [4.69, 9.17) is 0 Å². The highest BCUT2D eigenvalue weighted by Crippen LogP contribution is 2.18. The van der Waals surface area contributed by atoms with Crippen LogP contribution in [0, 0.1) is 0 Å². The normalized spacial score (nSPS) is 12.0. The summed E-state index contributed by atoms with van der Waals surface area (Å²) in [6.07, 6.45) is 13.0. The average Bonchev–Trinajstić information content (AvgIpc) is 2.57. The molecular formula is C22H26. The van der Waals surface area contributed by atoms with Crippen LogP contribution in [0.4, 0.5) is 0 Å². The maximum atomic E-state index is 2.35. The summed E-state index contributed by atoms with van der Waals surface area (Å²) in [4.78, 5) is 0. The van der Waals surface area contributed by atoms with E-state index in [2.05, 4.69) is 85.8 Å². The molecule has 0 atom stereocenters. The van der Waals surface area contributed by atoms with Crippen LogP contribution in [0.2, 0.25) is 0 Å². The Morgan fingerprint density at radius 1 is 0.818 bits per heavy atom. The summed E-state index contributed by atoms with van der Waals surface area (Å²) in [7, 11) is 0. The monoisotopic (exact) mass is 290 g/mol. The van der Waals surface area contributed by atoms with Crippen LogP contribution in [0.1, 0.15) is 50.2 Å². The quantitative estimate of drug-likeness (QED) is 0.471. The Morgan fingerprint density at radius 2 is 1.45 bits per heavy atom. The Hall–Kier alpha value is -2.08. The van der Waals surface area contributed by atoms with E-state index in [1.54, 1.807) is 0 Å². The molecule has 114 valence electrons. The van der Waals surface area contributed by atoms with Crippen molar-refractivity contribution < 1.29 is 0 Å². The maximum absolute atomic E-state index is 2.35. The van der Waals surface area contributed by atoms with Crippen LogP contribution in [0.15, 0.2) is 72.3 Å². The minimum Gasteiger partial charge on any atom is -0.0799 e. The Kier molecular flexibility index (Phi) is 7.25. The summed E-state index contributed by atoms with van der Waals surface area (Å²) in [5, 5.41) is 0. The first-order valence-corrected chi connectivity index (χ1v) is 8.34. The molecule has 22 heavy (non-hydrogen) atoms. The van der Waals surface area contributed by atoms with Crippen molar-refractivity contribution in [3.05, 3.63) is 83.4 Å². The molecule has 0 amide bonds. The van der Waals surface area contributed by atoms with Gasteiger partial charge in [0.2, 0.25) is 0 Å². The van der Waals surface area contributed by atoms with Crippen LogP contribution >= 0.6 is 0 Å². The van der Waals surface area contributed by atoms with E-state index < -0.39 is 0 Å². The number of hydrogen-bond acceptors (Lipinski definition) is 0. The van der Waals surface area contributed by atoms with Crippen LogP contribution in [-0.2, 0) is 0 Å². The minimum absolute atomic E-state index is 1.04. The summed E-state index contributed by atoms with van der Waals surface area (Å²) in [5.74, 6) is 0. The van der Waals surface area contributed by atoms with Gasteiger partial charge in [-0.25, -0.2) is 0 Å². The van der Waals surface area contributed by atoms with Crippen LogP contribution in [-0.4, -0.2) is 0 Å². The highest BCUT2D eigenvalue weighted by Gasteiger charge is 1.97. The molecule has 0 aliphatic heterocycles. The van der Waals surface area contributed by atoms with Crippen molar-refractivity contribution in [2.24, 2.45) is 0 Å². The molecule has 2 aromatic rings. The highest BCUT2D eigenvalue weighted by molar-refractivity contribution is 5.55. The smallest absolute Gasteiger partial charge is 0.0132 e. The van der Waals surface area contributed by atoms with Crippen LogP contribution < -0.4 is 0 Å². The number of benzene rings is 2. The molecule has 0 radical (unpaired) electrons. The maximum Gasteiger partial charge on any atom is -0.0132 e. The molecule has 2 aromatic carbocycles. The lowest BCUT2D eigenvalue weighted by atomic mass is 10.0. The molecule has 0 N–H and O–H groups in total.